The Kier molecular flexibility index (Phi) is 2.58. The molecule has 0 amide bonds. The first-order chi connectivity index (χ1) is 7.43. The standard InChI is InChI=1S/C10H16N4S/c1-2-8(11-5-1)6-14(9-3-4-9)10-12-7-13-15-10/h7-9,11H,1-6H2. The van der Waals surface area contributed by atoms with Crippen LogP contribution in [0.15, 0.2) is 6.33 Å². The summed E-state index contributed by atoms with van der Waals surface area (Å²) >= 11 is 1.52. The Hall–Kier alpha value is -0.680. The van der Waals surface area contributed by atoms with E-state index in [9.17, 15) is 0 Å². The fourth-order valence-corrected chi connectivity index (χ4v) is 2.82. The van der Waals surface area contributed by atoms with Crippen molar-refractivity contribution in [2.45, 2.75) is 37.8 Å². The fourth-order valence-electron chi connectivity index (χ4n) is 2.21. The molecule has 15 heavy (non-hydrogen) atoms. The van der Waals surface area contributed by atoms with Crippen LogP contribution in [0.4, 0.5) is 5.13 Å². The number of rotatable bonds is 4. The van der Waals surface area contributed by atoms with Gasteiger partial charge in [0, 0.05) is 30.2 Å². The number of nitrogens with one attached hydrogen (secondary N) is 1. The molecule has 2 fully saturated rings. The maximum absolute atomic E-state index is 4.33. The molecule has 1 aromatic heterocycles. The van der Waals surface area contributed by atoms with E-state index in [1.807, 2.05) is 0 Å². The average Bonchev–Trinajstić information content (AvgIpc) is 2.78. The monoisotopic (exact) mass is 224 g/mol. The number of anilines is 1. The first-order valence-electron chi connectivity index (χ1n) is 5.70. The Morgan fingerprint density at radius 1 is 1.47 bits per heavy atom. The van der Waals surface area contributed by atoms with Crippen molar-refractivity contribution in [1.29, 1.82) is 0 Å². The SMILES string of the molecule is c1nsc(N(CC2CCCN2)C2CC2)n1. The molecule has 1 aliphatic heterocycles. The van der Waals surface area contributed by atoms with Gasteiger partial charge in [0.2, 0.25) is 5.13 Å². The molecule has 4 nitrogen and oxygen atoms in total. The largest absolute Gasteiger partial charge is 0.342 e. The zero-order chi connectivity index (χ0) is 10.1. The van der Waals surface area contributed by atoms with Crippen molar-refractivity contribution in [3.05, 3.63) is 6.33 Å². The van der Waals surface area contributed by atoms with Gasteiger partial charge < -0.3 is 10.2 Å². The summed E-state index contributed by atoms with van der Waals surface area (Å²) in [6.07, 6.45) is 6.94. The lowest BCUT2D eigenvalue weighted by molar-refractivity contribution is 0.578. The van der Waals surface area contributed by atoms with Crippen LogP contribution in [0.25, 0.3) is 0 Å². The third-order valence-corrected chi connectivity index (χ3v) is 3.87. The highest BCUT2D eigenvalue weighted by atomic mass is 32.1. The molecule has 0 bridgehead atoms. The smallest absolute Gasteiger partial charge is 0.205 e. The van der Waals surface area contributed by atoms with Gasteiger partial charge >= 0.3 is 0 Å². The van der Waals surface area contributed by atoms with Gasteiger partial charge in [-0.05, 0) is 32.2 Å². The Labute approximate surface area is 93.9 Å². The Bertz CT molecular complexity index is 303. The van der Waals surface area contributed by atoms with Crippen LogP contribution in [-0.4, -0.2) is 34.5 Å². The van der Waals surface area contributed by atoms with Gasteiger partial charge in [0.05, 0.1) is 0 Å². The van der Waals surface area contributed by atoms with Gasteiger partial charge in [0.15, 0.2) is 0 Å². The van der Waals surface area contributed by atoms with Gasteiger partial charge in [-0.1, -0.05) is 0 Å². The van der Waals surface area contributed by atoms with Crippen LogP contribution < -0.4 is 10.2 Å². The second-order valence-corrected chi connectivity index (χ2v) is 5.16. The van der Waals surface area contributed by atoms with Gasteiger partial charge in [-0.15, -0.1) is 0 Å². The fraction of sp³-hybridized carbons (Fsp3) is 0.800. The molecule has 1 aromatic rings. The van der Waals surface area contributed by atoms with Crippen molar-refractivity contribution in [2.75, 3.05) is 18.0 Å². The van der Waals surface area contributed by atoms with Crippen LogP contribution in [-0.2, 0) is 0 Å². The predicted octanol–water partition coefficient (Wildman–Crippen LogP) is 1.26. The van der Waals surface area contributed by atoms with Gasteiger partial charge in [-0.2, -0.15) is 4.37 Å². The van der Waals surface area contributed by atoms with Crippen molar-refractivity contribution in [2.24, 2.45) is 0 Å². The lowest BCUT2D eigenvalue weighted by atomic mass is 10.2. The van der Waals surface area contributed by atoms with Crippen molar-refractivity contribution in [1.82, 2.24) is 14.7 Å². The summed E-state index contributed by atoms with van der Waals surface area (Å²) in [6.45, 7) is 2.29. The average molecular weight is 224 g/mol. The molecular formula is C10H16N4S. The first kappa shape index (κ1) is 9.54. The molecule has 1 saturated carbocycles. The molecule has 1 unspecified atom stereocenters. The Morgan fingerprint density at radius 3 is 3.00 bits per heavy atom. The summed E-state index contributed by atoms with van der Waals surface area (Å²) in [4.78, 5) is 6.77. The highest BCUT2D eigenvalue weighted by Gasteiger charge is 2.32. The van der Waals surface area contributed by atoms with Crippen LogP contribution in [0.2, 0.25) is 0 Å². The van der Waals surface area contributed by atoms with E-state index in [2.05, 4.69) is 19.6 Å². The van der Waals surface area contributed by atoms with Crippen LogP contribution in [0.1, 0.15) is 25.7 Å². The van der Waals surface area contributed by atoms with Crippen molar-refractivity contribution < 1.29 is 0 Å². The van der Waals surface area contributed by atoms with E-state index in [1.165, 1.54) is 43.8 Å². The van der Waals surface area contributed by atoms with Crippen molar-refractivity contribution >= 4 is 16.7 Å². The molecule has 0 aromatic carbocycles. The van der Waals surface area contributed by atoms with E-state index < -0.39 is 0 Å². The minimum absolute atomic E-state index is 0.662. The molecule has 2 aliphatic rings. The molecule has 1 saturated heterocycles. The molecule has 0 spiro atoms. The van der Waals surface area contributed by atoms with Gasteiger partial charge in [-0.3, -0.25) is 0 Å². The normalized spacial score (nSPS) is 25.7. The summed E-state index contributed by atoms with van der Waals surface area (Å²) in [6, 6.07) is 1.40. The van der Waals surface area contributed by atoms with Crippen LogP contribution in [0.3, 0.4) is 0 Å². The minimum Gasteiger partial charge on any atom is -0.342 e. The zero-order valence-electron chi connectivity index (χ0n) is 8.72. The summed E-state index contributed by atoms with van der Waals surface area (Å²) in [5, 5.41) is 4.65. The topological polar surface area (TPSA) is 41.1 Å². The molecule has 2 heterocycles. The predicted molar refractivity (Wildman–Crippen MR) is 61.3 cm³/mol. The summed E-state index contributed by atoms with van der Waals surface area (Å²) in [5.41, 5.74) is 0. The zero-order valence-corrected chi connectivity index (χ0v) is 9.54. The second-order valence-electron chi connectivity index (χ2n) is 4.40. The summed E-state index contributed by atoms with van der Waals surface area (Å²) < 4.78 is 4.10. The molecule has 1 aliphatic carbocycles. The highest BCUT2D eigenvalue weighted by molar-refractivity contribution is 7.09. The molecule has 1 N–H and O–H groups in total. The second kappa shape index (κ2) is 4.06. The minimum atomic E-state index is 0.662. The quantitative estimate of drug-likeness (QED) is 0.836. The molecule has 3 rings (SSSR count). The summed E-state index contributed by atoms with van der Waals surface area (Å²) in [5.74, 6) is 0. The summed E-state index contributed by atoms with van der Waals surface area (Å²) in [7, 11) is 0. The van der Waals surface area contributed by atoms with E-state index >= 15 is 0 Å². The van der Waals surface area contributed by atoms with Crippen molar-refractivity contribution in [3.63, 3.8) is 0 Å². The van der Waals surface area contributed by atoms with Gasteiger partial charge in [0.25, 0.3) is 0 Å². The Morgan fingerprint density at radius 2 is 2.40 bits per heavy atom. The van der Waals surface area contributed by atoms with Crippen LogP contribution in [0.5, 0.6) is 0 Å². The third-order valence-electron chi connectivity index (χ3n) is 3.16. The lowest BCUT2D eigenvalue weighted by Gasteiger charge is -2.24. The van der Waals surface area contributed by atoms with E-state index in [1.54, 1.807) is 6.33 Å². The number of nitrogens with zero attached hydrogens (tertiary/aromatic N) is 3. The van der Waals surface area contributed by atoms with Crippen LogP contribution >= 0.6 is 11.5 Å². The molecule has 0 radical (unpaired) electrons. The van der Waals surface area contributed by atoms with E-state index in [0.717, 1.165) is 17.7 Å². The van der Waals surface area contributed by atoms with Crippen molar-refractivity contribution in [3.8, 4) is 0 Å². The third kappa shape index (κ3) is 2.13. The number of aromatic nitrogens is 2. The molecule has 82 valence electrons. The molecular weight excluding hydrogens is 208 g/mol. The number of hydrogen-bond acceptors (Lipinski definition) is 5. The highest BCUT2D eigenvalue weighted by Crippen LogP contribution is 2.32. The van der Waals surface area contributed by atoms with Gasteiger partial charge in [-0.25, -0.2) is 4.98 Å². The first-order valence-corrected chi connectivity index (χ1v) is 6.47. The number of hydrogen-bond donors (Lipinski definition) is 1. The van der Waals surface area contributed by atoms with E-state index in [-0.39, 0.29) is 0 Å². The van der Waals surface area contributed by atoms with E-state index in [4.69, 9.17) is 0 Å². The molecule has 5 heteroatoms. The van der Waals surface area contributed by atoms with E-state index in [0.29, 0.717) is 6.04 Å². The molecule has 1 atom stereocenters. The lowest BCUT2D eigenvalue weighted by Crippen LogP contribution is -2.38. The Balaban J connectivity index is 1.68. The van der Waals surface area contributed by atoms with Crippen LogP contribution in [0, 0.1) is 0 Å². The maximum atomic E-state index is 4.33. The van der Waals surface area contributed by atoms with Gasteiger partial charge in [0.1, 0.15) is 6.33 Å². The maximum Gasteiger partial charge on any atom is 0.205 e.